The second-order valence-electron chi connectivity index (χ2n) is 4.24. The maximum absolute atomic E-state index is 11.9. The Balaban J connectivity index is 2.76. The second kappa shape index (κ2) is 5.21. The van der Waals surface area contributed by atoms with Crippen LogP contribution >= 0.6 is 11.3 Å². The van der Waals surface area contributed by atoms with E-state index >= 15 is 0 Å². The van der Waals surface area contributed by atoms with Crippen molar-refractivity contribution in [1.29, 1.82) is 0 Å². The summed E-state index contributed by atoms with van der Waals surface area (Å²) in [7, 11) is 0. The van der Waals surface area contributed by atoms with E-state index in [-0.39, 0.29) is 17.4 Å². The molecule has 0 fully saturated rings. The molecule has 1 heterocycles. The van der Waals surface area contributed by atoms with E-state index in [1.54, 1.807) is 0 Å². The van der Waals surface area contributed by atoms with Crippen molar-refractivity contribution in [3.63, 3.8) is 0 Å². The Morgan fingerprint density at radius 1 is 1.44 bits per heavy atom. The quantitative estimate of drug-likeness (QED) is 0.805. The van der Waals surface area contributed by atoms with E-state index in [2.05, 4.69) is 4.98 Å². The number of ketones is 1. The minimum Gasteiger partial charge on any atom is -0.476 e. The molecule has 1 unspecified atom stereocenters. The predicted octanol–water partition coefficient (Wildman–Crippen LogP) is 2.71. The molecule has 4 nitrogen and oxygen atoms in total. The average Bonchev–Trinajstić information content (AvgIpc) is 2.64. The number of hydrogen-bond donors (Lipinski definition) is 1. The summed E-state index contributed by atoms with van der Waals surface area (Å²) in [6, 6.07) is 0. The summed E-state index contributed by atoms with van der Waals surface area (Å²) >= 11 is 1.10. The van der Waals surface area contributed by atoms with Gasteiger partial charge in [-0.1, -0.05) is 20.8 Å². The zero-order valence-corrected chi connectivity index (χ0v) is 10.4. The molecule has 1 aromatic rings. The largest absolute Gasteiger partial charge is 0.476 e. The van der Waals surface area contributed by atoms with Gasteiger partial charge in [-0.3, -0.25) is 4.79 Å². The molecule has 1 N–H and O–H groups in total. The first-order valence-electron chi connectivity index (χ1n) is 5.14. The lowest BCUT2D eigenvalue weighted by Gasteiger charge is -2.10. The van der Waals surface area contributed by atoms with Crippen LogP contribution in [0.4, 0.5) is 0 Å². The average molecular weight is 241 g/mol. The summed E-state index contributed by atoms with van der Waals surface area (Å²) in [5.74, 6) is -0.816. The minimum absolute atomic E-state index is 0.0508. The van der Waals surface area contributed by atoms with Gasteiger partial charge in [0.1, 0.15) is 0 Å². The monoisotopic (exact) mass is 241 g/mol. The van der Waals surface area contributed by atoms with Crippen LogP contribution < -0.4 is 0 Å². The van der Waals surface area contributed by atoms with Crippen LogP contribution in [0, 0.1) is 11.8 Å². The van der Waals surface area contributed by atoms with E-state index in [0.717, 1.165) is 17.8 Å². The predicted molar refractivity (Wildman–Crippen MR) is 62.0 cm³/mol. The second-order valence-corrected chi connectivity index (χ2v) is 5.10. The van der Waals surface area contributed by atoms with Crippen molar-refractivity contribution >= 4 is 23.1 Å². The van der Waals surface area contributed by atoms with Crippen LogP contribution in [0.5, 0.6) is 0 Å². The summed E-state index contributed by atoms with van der Waals surface area (Å²) in [6.07, 6.45) is 0.792. The summed E-state index contributed by atoms with van der Waals surface area (Å²) in [6.45, 7) is 5.95. The Morgan fingerprint density at radius 3 is 2.50 bits per heavy atom. The molecule has 1 aromatic heterocycles. The Bertz CT molecular complexity index is 398. The van der Waals surface area contributed by atoms with E-state index in [1.165, 1.54) is 5.38 Å². The lowest BCUT2D eigenvalue weighted by atomic mass is 9.95. The number of Topliss-reactive ketones (excluding diaryl/α,β-unsaturated/α-hetero) is 1. The molecule has 5 heteroatoms. The van der Waals surface area contributed by atoms with E-state index in [4.69, 9.17) is 5.11 Å². The molecule has 0 spiro atoms. The van der Waals surface area contributed by atoms with Crippen LogP contribution in [0.25, 0.3) is 0 Å². The molecule has 88 valence electrons. The van der Waals surface area contributed by atoms with Gasteiger partial charge in [0.25, 0.3) is 0 Å². The van der Waals surface area contributed by atoms with Gasteiger partial charge in [-0.05, 0) is 12.3 Å². The van der Waals surface area contributed by atoms with Crippen molar-refractivity contribution in [2.24, 2.45) is 11.8 Å². The number of rotatable bonds is 5. The maximum atomic E-state index is 11.9. The van der Waals surface area contributed by atoms with Gasteiger partial charge in [0.15, 0.2) is 16.5 Å². The number of carbonyl (C=O) groups excluding carboxylic acids is 1. The molecular weight excluding hydrogens is 226 g/mol. The third-order valence-corrected chi connectivity index (χ3v) is 3.06. The van der Waals surface area contributed by atoms with Crippen molar-refractivity contribution in [3.05, 3.63) is 16.1 Å². The standard InChI is InChI=1S/C11H15NO3S/c1-6(2)4-7(3)9(13)10-12-8(5-16-10)11(14)15/h5-7H,4H2,1-3H3,(H,14,15). The van der Waals surface area contributed by atoms with Crippen LogP contribution in [0.15, 0.2) is 5.38 Å². The molecule has 16 heavy (non-hydrogen) atoms. The molecule has 0 aliphatic heterocycles. The van der Waals surface area contributed by atoms with E-state index < -0.39 is 5.97 Å². The Kier molecular flexibility index (Phi) is 4.18. The minimum atomic E-state index is -1.09. The smallest absolute Gasteiger partial charge is 0.355 e. The third kappa shape index (κ3) is 3.13. The fourth-order valence-corrected chi connectivity index (χ4v) is 2.36. The molecule has 0 aromatic carbocycles. The molecule has 0 radical (unpaired) electrons. The van der Waals surface area contributed by atoms with Crippen molar-refractivity contribution in [2.75, 3.05) is 0 Å². The fourth-order valence-electron chi connectivity index (χ4n) is 1.51. The van der Waals surface area contributed by atoms with Gasteiger partial charge in [0.2, 0.25) is 0 Å². The van der Waals surface area contributed by atoms with Gasteiger partial charge >= 0.3 is 5.97 Å². The van der Waals surface area contributed by atoms with E-state index in [0.29, 0.717) is 10.9 Å². The number of hydrogen-bond acceptors (Lipinski definition) is 4. The zero-order valence-electron chi connectivity index (χ0n) is 9.56. The van der Waals surface area contributed by atoms with E-state index in [1.807, 2.05) is 20.8 Å². The van der Waals surface area contributed by atoms with Crippen LogP contribution in [-0.4, -0.2) is 21.8 Å². The Morgan fingerprint density at radius 2 is 2.06 bits per heavy atom. The molecule has 0 saturated heterocycles. The maximum Gasteiger partial charge on any atom is 0.355 e. The lowest BCUT2D eigenvalue weighted by Crippen LogP contribution is -2.13. The third-order valence-electron chi connectivity index (χ3n) is 2.21. The number of carboxylic acids is 1. The van der Waals surface area contributed by atoms with Crippen molar-refractivity contribution in [2.45, 2.75) is 27.2 Å². The highest BCUT2D eigenvalue weighted by Gasteiger charge is 2.20. The topological polar surface area (TPSA) is 67.3 Å². The van der Waals surface area contributed by atoms with Gasteiger partial charge in [-0.2, -0.15) is 0 Å². The number of carbonyl (C=O) groups is 2. The Hall–Kier alpha value is -1.23. The summed E-state index contributed by atoms with van der Waals surface area (Å²) in [5.41, 5.74) is -0.0508. The van der Waals surface area contributed by atoms with Crippen molar-refractivity contribution in [1.82, 2.24) is 4.98 Å². The van der Waals surface area contributed by atoms with Gasteiger partial charge in [-0.25, -0.2) is 9.78 Å². The van der Waals surface area contributed by atoms with Crippen LogP contribution in [-0.2, 0) is 0 Å². The van der Waals surface area contributed by atoms with Crippen molar-refractivity contribution < 1.29 is 14.7 Å². The van der Waals surface area contributed by atoms with Gasteiger partial charge < -0.3 is 5.11 Å². The molecule has 0 aliphatic carbocycles. The summed E-state index contributed by atoms with van der Waals surface area (Å²) in [4.78, 5) is 26.3. The van der Waals surface area contributed by atoms with Crippen LogP contribution in [0.2, 0.25) is 0 Å². The number of thiazole rings is 1. The molecular formula is C11H15NO3S. The first-order chi connectivity index (χ1) is 7.41. The molecule has 0 saturated carbocycles. The fraction of sp³-hybridized carbons (Fsp3) is 0.545. The highest BCUT2D eigenvalue weighted by molar-refractivity contribution is 7.11. The molecule has 0 bridgehead atoms. The van der Waals surface area contributed by atoms with E-state index in [9.17, 15) is 9.59 Å². The van der Waals surface area contributed by atoms with Crippen LogP contribution in [0.1, 0.15) is 47.5 Å². The number of aromatic nitrogens is 1. The molecule has 0 aliphatic rings. The highest BCUT2D eigenvalue weighted by Crippen LogP contribution is 2.19. The van der Waals surface area contributed by atoms with Crippen molar-refractivity contribution in [3.8, 4) is 0 Å². The summed E-state index contributed by atoms with van der Waals surface area (Å²) < 4.78 is 0. The first kappa shape index (κ1) is 12.8. The Labute approximate surface area is 98.3 Å². The highest BCUT2D eigenvalue weighted by atomic mass is 32.1. The molecule has 1 rings (SSSR count). The SMILES string of the molecule is CC(C)CC(C)C(=O)c1nc(C(=O)O)cs1. The normalized spacial score (nSPS) is 12.8. The first-order valence-corrected chi connectivity index (χ1v) is 6.02. The zero-order chi connectivity index (χ0) is 12.3. The van der Waals surface area contributed by atoms with Gasteiger partial charge in [-0.15, -0.1) is 11.3 Å². The summed E-state index contributed by atoms with van der Waals surface area (Å²) in [5, 5.41) is 10.4. The number of nitrogens with zero attached hydrogens (tertiary/aromatic N) is 1. The lowest BCUT2D eigenvalue weighted by molar-refractivity contribution is 0.0691. The van der Waals surface area contributed by atoms with Gasteiger partial charge in [0, 0.05) is 11.3 Å². The molecule has 1 atom stereocenters. The van der Waals surface area contributed by atoms with Crippen LogP contribution in [0.3, 0.4) is 0 Å². The number of aromatic carboxylic acids is 1. The number of carboxylic acid groups (broad SMARTS) is 1. The molecule has 0 amide bonds. The van der Waals surface area contributed by atoms with Gasteiger partial charge in [0.05, 0.1) is 0 Å².